The van der Waals surface area contributed by atoms with E-state index in [1.165, 1.54) is 0 Å². The van der Waals surface area contributed by atoms with Crippen molar-refractivity contribution in [1.82, 2.24) is 4.31 Å². The van der Waals surface area contributed by atoms with Crippen molar-refractivity contribution in [3.05, 3.63) is 29.3 Å². The molecule has 1 aliphatic heterocycles. The highest BCUT2D eigenvalue weighted by atomic mass is 32.2. The number of aliphatic hydroxyl groups excluding tert-OH is 1. The highest BCUT2D eigenvalue weighted by Gasteiger charge is 2.33. The van der Waals surface area contributed by atoms with Gasteiger partial charge in [0.05, 0.1) is 11.5 Å². The van der Waals surface area contributed by atoms with E-state index in [1.54, 1.807) is 22.5 Å². The molecule has 1 heterocycles. The first-order valence-electron chi connectivity index (χ1n) is 7.19. The Morgan fingerprint density at radius 3 is 2.81 bits per heavy atom. The van der Waals surface area contributed by atoms with Crippen LogP contribution in [0.15, 0.2) is 23.1 Å². The fourth-order valence-electron chi connectivity index (χ4n) is 2.57. The number of aliphatic hydroxyl groups is 1. The average molecular weight is 307 g/mol. The summed E-state index contributed by atoms with van der Waals surface area (Å²) >= 11 is 0. The van der Waals surface area contributed by atoms with Crippen LogP contribution in [0.1, 0.15) is 37.3 Å². The number of benzene rings is 1. The molecule has 0 amide bonds. The minimum Gasteiger partial charge on any atom is -0.395 e. The Bertz CT molecular complexity index is 670. The molecule has 0 radical (unpaired) electrons. The van der Waals surface area contributed by atoms with Crippen molar-refractivity contribution in [3.63, 3.8) is 0 Å². The van der Waals surface area contributed by atoms with Crippen molar-refractivity contribution >= 4 is 10.0 Å². The lowest BCUT2D eigenvalue weighted by Crippen LogP contribution is -2.34. The Labute approximate surface area is 126 Å². The summed E-state index contributed by atoms with van der Waals surface area (Å²) in [4.78, 5) is 0.271. The van der Waals surface area contributed by atoms with Gasteiger partial charge >= 0.3 is 0 Å². The van der Waals surface area contributed by atoms with Gasteiger partial charge in [-0.1, -0.05) is 17.9 Å². The summed E-state index contributed by atoms with van der Waals surface area (Å²) in [5.74, 6) is 5.69. The highest BCUT2D eigenvalue weighted by molar-refractivity contribution is 7.89. The average Bonchev–Trinajstić information content (AvgIpc) is 2.86. The molecule has 1 saturated heterocycles. The zero-order valence-electron chi connectivity index (χ0n) is 12.5. The van der Waals surface area contributed by atoms with Crippen LogP contribution in [0.3, 0.4) is 0 Å². The second kappa shape index (κ2) is 6.61. The van der Waals surface area contributed by atoms with E-state index in [1.807, 2.05) is 13.8 Å². The summed E-state index contributed by atoms with van der Waals surface area (Å²) in [5.41, 5.74) is 1.49. The van der Waals surface area contributed by atoms with E-state index < -0.39 is 10.0 Å². The molecule has 0 bridgehead atoms. The molecular weight excluding hydrogens is 286 g/mol. The van der Waals surface area contributed by atoms with Gasteiger partial charge in [-0.15, -0.1) is 0 Å². The summed E-state index contributed by atoms with van der Waals surface area (Å²) in [6.07, 6.45) is 2.14. The third kappa shape index (κ3) is 3.46. The molecule has 1 aromatic rings. The number of hydrogen-bond acceptors (Lipinski definition) is 3. The van der Waals surface area contributed by atoms with Gasteiger partial charge < -0.3 is 5.11 Å². The lowest BCUT2D eigenvalue weighted by atomic mass is 10.1. The van der Waals surface area contributed by atoms with Crippen molar-refractivity contribution in [2.75, 3.05) is 13.2 Å². The Morgan fingerprint density at radius 2 is 2.19 bits per heavy atom. The first kappa shape index (κ1) is 16.0. The van der Waals surface area contributed by atoms with Crippen LogP contribution in [0.5, 0.6) is 0 Å². The van der Waals surface area contributed by atoms with Crippen molar-refractivity contribution in [3.8, 4) is 11.8 Å². The molecule has 1 unspecified atom stereocenters. The van der Waals surface area contributed by atoms with Gasteiger partial charge in [0.25, 0.3) is 0 Å². The zero-order chi connectivity index (χ0) is 15.5. The van der Waals surface area contributed by atoms with E-state index in [-0.39, 0.29) is 17.5 Å². The smallest absolute Gasteiger partial charge is 0.244 e. The van der Waals surface area contributed by atoms with E-state index in [2.05, 4.69) is 11.8 Å². The first-order valence-corrected chi connectivity index (χ1v) is 8.63. The fraction of sp³-hybridized carbons (Fsp3) is 0.500. The largest absolute Gasteiger partial charge is 0.395 e. The van der Waals surface area contributed by atoms with Gasteiger partial charge in [0.2, 0.25) is 10.0 Å². The Hall–Kier alpha value is -1.35. The minimum absolute atomic E-state index is 0.0238. The summed E-state index contributed by atoms with van der Waals surface area (Å²) in [6, 6.07) is 5.26. The van der Waals surface area contributed by atoms with Crippen LogP contribution in [0.4, 0.5) is 0 Å². The van der Waals surface area contributed by atoms with Crippen LogP contribution in [0.2, 0.25) is 0 Å². The topological polar surface area (TPSA) is 57.6 Å². The standard InChI is InChI=1S/C16H21NO3S/c1-13-8-9-16(15(12-13)7-3-4-11-18)21(19,20)17-10-5-6-14(17)2/h8-9,12,14,18H,4-6,10-11H2,1-2H3. The van der Waals surface area contributed by atoms with Crippen LogP contribution in [0.25, 0.3) is 0 Å². The predicted molar refractivity (Wildman–Crippen MR) is 82.3 cm³/mol. The van der Waals surface area contributed by atoms with Gasteiger partial charge in [-0.2, -0.15) is 4.31 Å². The quantitative estimate of drug-likeness (QED) is 0.868. The lowest BCUT2D eigenvalue weighted by molar-refractivity contribution is 0.305. The second-order valence-electron chi connectivity index (χ2n) is 5.38. The number of nitrogens with zero attached hydrogens (tertiary/aromatic N) is 1. The Balaban J connectivity index is 2.46. The maximum atomic E-state index is 12.8. The lowest BCUT2D eigenvalue weighted by Gasteiger charge is -2.21. The minimum atomic E-state index is -3.50. The molecule has 1 atom stereocenters. The SMILES string of the molecule is Cc1ccc(S(=O)(=O)N2CCCC2C)c(C#CCCO)c1. The van der Waals surface area contributed by atoms with E-state index in [0.29, 0.717) is 18.5 Å². The first-order chi connectivity index (χ1) is 9.96. The van der Waals surface area contributed by atoms with Gasteiger partial charge in [-0.25, -0.2) is 8.42 Å². The molecule has 1 aliphatic rings. The van der Waals surface area contributed by atoms with E-state index in [9.17, 15) is 8.42 Å². The van der Waals surface area contributed by atoms with Gasteiger partial charge in [0.1, 0.15) is 0 Å². The van der Waals surface area contributed by atoms with Crippen LogP contribution in [-0.4, -0.2) is 37.0 Å². The molecule has 0 aliphatic carbocycles. The Kier molecular flexibility index (Phi) is 5.04. The zero-order valence-corrected chi connectivity index (χ0v) is 13.3. The third-order valence-corrected chi connectivity index (χ3v) is 5.75. The summed E-state index contributed by atoms with van der Waals surface area (Å²) in [5, 5.41) is 8.81. The van der Waals surface area contributed by atoms with Gasteiger partial charge in [-0.05, 0) is 44.4 Å². The van der Waals surface area contributed by atoms with Gasteiger partial charge in [0.15, 0.2) is 0 Å². The summed E-state index contributed by atoms with van der Waals surface area (Å²) in [7, 11) is -3.50. The van der Waals surface area contributed by atoms with Crippen molar-refractivity contribution in [2.45, 2.75) is 44.0 Å². The molecule has 1 aromatic carbocycles. The van der Waals surface area contributed by atoms with Gasteiger partial charge in [-0.3, -0.25) is 0 Å². The normalized spacial score (nSPS) is 19.3. The fourth-order valence-corrected chi connectivity index (χ4v) is 4.40. The molecule has 4 nitrogen and oxygen atoms in total. The predicted octanol–water partition coefficient (Wildman–Crippen LogP) is 1.90. The van der Waals surface area contributed by atoms with E-state index in [0.717, 1.165) is 18.4 Å². The van der Waals surface area contributed by atoms with Crippen molar-refractivity contribution in [1.29, 1.82) is 0 Å². The second-order valence-corrected chi connectivity index (χ2v) is 7.24. The number of aryl methyl sites for hydroxylation is 1. The van der Waals surface area contributed by atoms with Crippen LogP contribution >= 0.6 is 0 Å². The van der Waals surface area contributed by atoms with Crippen molar-refractivity contribution in [2.24, 2.45) is 0 Å². The number of sulfonamides is 1. The molecule has 0 aromatic heterocycles. The molecule has 5 heteroatoms. The van der Waals surface area contributed by atoms with Crippen LogP contribution < -0.4 is 0 Å². The molecule has 114 valence electrons. The molecule has 0 spiro atoms. The number of rotatable bonds is 3. The van der Waals surface area contributed by atoms with Crippen molar-refractivity contribution < 1.29 is 13.5 Å². The monoisotopic (exact) mass is 307 g/mol. The van der Waals surface area contributed by atoms with E-state index in [4.69, 9.17) is 5.11 Å². The van der Waals surface area contributed by atoms with E-state index >= 15 is 0 Å². The maximum absolute atomic E-state index is 12.8. The molecule has 21 heavy (non-hydrogen) atoms. The van der Waals surface area contributed by atoms with Crippen LogP contribution in [-0.2, 0) is 10.0 Å². The molecule has 2 rings (SSSR count). The molecule has 0 saturated carbocycles. The molecule has 1 fully saturated rings. The summed E-state index contributed by atoms with van der Waals surface area (Å²) < 4.78 is 27.2. The third-order valence-electron chi connectivity index (χ3n) is 3.67. The molecular formula is C16H21NO3S. The number of hydrogen-bond donors (Lipinski definition) is 1. The van der Waals surface area contributed by atoms with Crippen LogP contribution in [0, 0.1) is 18.8 Å². The maximum Gasteiger partial charge on any atom is 0.244 e. The highest BCUT2D eigenvalue weighted by Crippen LogP contribution is 2.27. The van der Waals surface area contributed by atoms with Gasteiger partial charge in [0, 0.05) is 24.6 Å². The molecule has 1 N–H and O–H groups in total. The Morgan fingerprint density at radius 1 is 1.43 bits per heavy atom. The summed E-state index contributed by atoms with van der Waals surface area (Å²) in [6.45, 7) is 4.40.